The number of amides is 1. The second-order valence-corrected chi connectivity index (χ2v) is 5.96. The highest BCUT2D eigenvalue weighted by Crippen LogP contribution is 2.29. The van der Waals surface area contributed by atoms with Crippen LogP contribution in [-0.4, -0.2) is 48.7 Å². The summed E-state index contributed by atoms with van der Waals surface area (Å²) in [4.78, 5) is 13.6. The predicted molar refractivity (Wildman–Crippen MR) is 66.8 cm³/mol. The minimum absolute atomic E-state index is 0.0118. The first-order chi connectivity index (χ1) is 7.98. The van der Waals surface area contributed by atoms with Crippen molar-refractivity contribution in [2.75, 3.05) is 26.2 Å². The molecule has 0 spiro atoms. The molecule has 2 aliphatic heterocycles. The minimum atomic E-state index is -0.161. The maximum atomic E-state index is 11.1. The molecule has 2 saturated heterocycles. The molecular formula is C13H24N2O2. The fraction of sp³-hybridized carbons (Fsp3) is 0.923. The van der Waals surface area contributed by atoms with E-state index in [1.807, 2.05) is 0 Å². The topological polar surface area (TPSA) is 41.6 Å². The molecule has 98 valence electrons. The Balaban J connectivity index is 1.83. The summed E-state index contributed by atoms with van der Waals surface area (Å²) < 4.78 is 5.70. The van der Waals surface area contributed by atoms with E-state index in [4.69, 9.17) is 4.74 Å². The van der Waals surface area contributed by atoms with Crippen LogP contribution in [0.4, 0.5) is 0 Å². The number of hydrogen-bond donors (Lipinski definition) is 1. The molecule has 4 heteroatoms. The van der Waals surface area contributed by atoms with Gasteiger partial charge in [0.1, 0.15) is 6.61 Å². The summed E-state index contributed by atoms with van der Waals surface area (Å²) in [6.07, 6.45) is 2.31. The fourth-order valence-corrected chi connectivity index (χ4v) is 2.87. The van der Waals surface area contributed by atoms with Crippen molar-refractivity contribution in [1.82, 2.24) is 10.2 Å². The fourth-order valence-electron chi connectivity index (χ4n) is 2.87. The highest BCUT2D eigenvalue weighted by atomic mass is 16.5. The zero-order chi connectivity index (χ0) is 12.5. The van der Waals surface area contributed by atoms with Gasteiger partial charge in [0.2, 0.25) is 5.91 Å². The highest BCUT2D eigenvalue weighted by Gasteiger charge is 2.36. The molecule has 1 amide bonds. The number of morpholine rings is 1. The normalized spacial score (nSPS) is 35.3. The van der Waals surface area contributed by atoms with Crippen LogP contribution in [-0.2, 0) is 9.53 Å². The number of hydrogen-bond acceptors (Lipinski definition) is 3. The van der Waals surface area contributed by atoms with E-state index in [2.05, 4.69) is 31.0 Å². The van der Waals surface area contributed by atoms with Crippen LogP contribution in [0.3, 0.4) is 0 Å². The first kappa shape index (κ1) is 12.8. The Morgan fingerprint density at radius 1 is 1.59 bits per heavy atom. The Kier molecular flexibility index (Phi) is 3.73. The minimum Gasteiger partial charge on any atom is -0.364 e. The van der Waals surface area contributed by atoms with E-state index in [0.29, 0.717) is 18.5 Å². The molecular weight excluding hydrogens is 216 g/mol. The van der Waals surface area contributed by atoms with E-state index in [1.165, 1.54) is 19.5 Å². The molecule has 0 aromatic heterocycles. The van der Waals surface area contributed by atoms with Crippen molar-refractivity contribution in [2.45, 2.75) is 45.3 Å². The Labute approximate surface area is 104 Å². The molecule has 0 radical (unpaired) electrons. The van der Waals surface area contributed by atoms with Crippen LogP contribution < -0.4 is 5.32 Å². The molecule has 0 aromatic carbocycles. The van der Waals surface area contributed by atoms with Gasteiger partial charge in [0.05, 0.1) is 5.60 Å². The lowest BCUT2D eigenvalue weighted by Gasteiger charge is -2.36. The molecule has 2 heterocycles. The molecule has 2 aliphatic rings. The van der Waals surface area contributed by atoms with Crippen LogP contribution in [0.2, 0.25) is 0 Å². The summed E-state index contributed by atoms with van der Waals surface area (Å²) in [5, 5.41) is 2.90. The van der Waals surface area contributed by atoms with Gasteiger partial charge in [0.25, 0.3) is 0 Å². The third-order valence-corrected chi connectivity index (χ3v) is 3.98. The smallest absolute Gasteiger partial charge is 0.246 e. The van der Waals surface area contributed by atoms with Crippen molar-refractivity contribution in [3.63, 3.8) is 0 Å². The molecule has 2 unspecified atom stereocenters. The van der Waals surface area contributed by atoms with E-state index in [-0.39, 0.29) is 18.1 Å². The van der Waals surface area contributed by atoms with Gasteiger partial charge in [0, 0.05) is 19.1 Å². The predicted octanol–water partition coefficient (Wildman–Crippen LogP) is 1.01. The van der Waals surface area contributed by atoms with E-state index < -0.39 is 0 Å². The van der Waals surface area contributed by atoms with E-state index >= 15 is 0 Å². The number of nitrogens with zero attached hydrogens (tertiary/aromatic N) is 1. The summed E-state index contributed by atoms with van der Waals surface area (Å²) in [5.74, 6) is 0.718. The molecule has 17 heavy (non-hydrogen) atoms. The standard InChI is InChI=1S/C13H24N2O2/c1-10(2)15-5-4-11(7-15)6-13(3)9-14-12(16)8-17-13/h10-11H,4-9H2,1-3H3,(H,14,16). The average Bonchev–Trinajstić information content (AvgIpc) is 2.71. The van der Waals surface area contributed by atoms with Gasteiger partial charge in [0.15, 0.2) is 0 Å². The zero-order valence-electron chi connectivity index (χ0n) is 11.2. The molecule has 2 rings (SSSR count). The summed E-state index contributed by atoms with van der Waals surface area (Å²) in [6.45, 7) is 9.86. The van der Waals surface area contributed by atoms with Crippen LogP contribution >= 0.6 is 0 Å². The van der Waals surface area contributed by atoms with E-state index in [1.54, 1.807) is 0 Å². The number of carbonyl (C=O) groups excluding carboxylic acids is 1. The van der Waals surface area contributed by atoms with E-state index in [9.17, 15) is 4.79 Å². The molecule has 4 nitrogen and oxygen atoms in total. The summed E-state index contributed by atoms with van der Waals surface area (Å²) in [5.41, 5.74) is -0.161. The van der Waals surface area contributed by atoms with Crippen LogP contribution in [0.5, 0.6) is 0 Å². The number of likely N-dealkylation sites (tertiary alicyclic amines) is 1. The lowest BCUT2D eigenvalue weighted by Crippen LogP contribution is -2.51. The Morgan fingerprint density at radius 2 is 2.35 bits per heavy atom. The maximum absolute atomic E-state index is 11.1. The quantitative estimate of drug-likeness (QED) is 0.800. The second kappa shape index (κ2) is 4.94. The van der Waals surface area contributed by atoms with Crippen molar-refractivity contribution in [3.8, 4) is 0 Å². The van der Waals surface area contributed by atoms with Gasteiger partial charge in [-0.2, -0.15) is 0 Å². The van der Waals surface area contributed by atoms with Crippen LogP contribution in [0.1, 0.15) is 33.6 Å². The highest BCUT2D eigenvalue weighted by molar-refractivity contribution is 5.77. The third kappa shape index (κ3) is 3.19. The van der Waals surface area contributed by atoms with E-state index in [0.717, 1.165) is 6.42 Å². The van der Waals surface area contributed by atoms with Crippen LogP contribution in [0.15, 0.2) is 0 Å². The van der Waals surface area contributed by atoms with Gasteiger partial charge in [-0.25, -0.2) is 0 Å². The van der Waals surface area contributed by atoms with Crippen molar-refractivity contribution in [2.24, 2.45) is 5.92 Å². The third-order valence-electron chi connectivity index (χ3n) is 3.98. The monoisotopic (exact) mass is 240 g/mol. The van der Waals surface area contributed by atoms with Gasteiger partial charge < -0.3 is 15.0 Å². The Hall–Kier alpha value is -0.610. The molecule has 1 N–H and O–H groups in total. The van der Waals surface area contributed by atoms with Crippen molar-refractivity contribution < 1.29 is 9.53 Å². The van der Waals surface area contributed by atoms with Crippen LogP contribution in [0, 0.1) is 5.92 Å². The first-order valence-electron chi connectivity index (χ1n) is 6.63. The summed E-state index contributed by atoms with van der Waals surface area (Å²) in [7, 11) is 0. The van der Waals surface area contributed by atoms with Crippen LogP contribution in [0.25, 0.3) is 0 Å². The van der Waals surface area contributed by atoms with Gasteiger partial charge in [-0.05, 0) is 46.1 Å². The van der Waals surface area contributed by atoms with Gasteiger partial charge in [-0.3, -0.25) is 4.79 Å². The summed E-state index contributed by atoms with van der Waals surface area (Å²) in [6, 6.07) is 0.639. The molecule has 0 saturated carbocycles. The lowest BCUT2D eigenvalue weighted by molar-refractivity contribution is -0.143. The van der Waals surface area contributed by atoms with Gasteiger partial charge in [-0.1, -0.05) is 0 Å². The van der Waals surface area contributed by atoms with Gasteiger partial charge >= 0.3 is 0 Å². The van der Waals surface area contributed by atoms with Crippen molar-refractivity contribution in [1.29, 1.82) is 0 Å². The van der Waals surface area contributed by atoms with Gasteiger partial charge in [-0.15, -0.1) is 0 Å². The zero-order valence-corrected chi connectivity index (χ0v) is 11.2. The molecule has 2 fully saturated rings. The summed E-state index contributed by atoms with van der Waals surface area (Å²) >= 11 is 0. The molecule has 0 aliphatic carbocycles. The number of carbonyl (C=O) groups is 1. The first-order valence-corrected chi connectivity index (χ1v) is 6.63. The van der Waals surface area contributed by atoms with Crippen molar-refractivity contribution >= 4 is 5.91 Å². The molecule has 0 bridgehead atoms. The average molecular weight is 240 g/mol. The largest absolute Gasteiger partial charge is 0.364 e. The number of rotatable bonds is 3. The maximum Gasteiger partial charge on any atom is 0.246 e. The number of ether oxygens (including phenoxy) is 1. The Morgan fingerprint density at radius 3 is 2.88 bits per heavy atom. The second-order valence-electron chi connectivity index (χ2n) is 5.96. The Bertz CT molecular complexity index is 281. The van der Waals surface area contributed by atoms with Crippen molar-refractivity contribution in [3.05, 3.63) is 0 Å². The lowest BCUT2D eigenvalue weighted by atomic mass is 9.90. The SMILES string of the molecule is CC(C)N1CCC(CC2(C)CNC(=O)CO2)C1. The molecule has 0 aromatic rings. The molecule has 2 atom stereocenters. The number of nitrogens with one attached hydrogen (secondary N) is 1.